The van der Waals surface area contributed by atoms with Gasteiger partial charge in [0, 0.05) is 12.8 Å². The SMILES string of the molecule is CCCCCCCCCCCC=CCCCCC(N)=O.CCCCCCCCCCCC=CCCCCC(N)=O. The standard InChI is InChI=1S/2C18H35NO/c2*1-2-3-4-5-6-7-8-9-10-11-12-13-14-15-16-17-18(19)20/h2*12-13H,2-11,14-17H2,1H3,(H2,19,20). The Morgan fingerprint density at radius 1 is 0.375 bits per heavy atom. The van der Waals surface area contributed by atoms with Crippen LogP contribution in [-0.4, -0.2) is 11.8 Å². The summed E-state index contributed by atoms with van der Waals surface area (Å²) in [4.78, 5) is 21.1. The van der Waals surface area contributed by atoms with Gasteiger partial charge in [0.05, 0.1) is 0 Å². The molecule has 0 saturated heterocycles. The molecule has 0 rings (SSSR count). The van der Waals surface area contributed by atoms with Crippen LogP contribution in [0.25, 0.3) is 0 Å². The first-order chi connectivity index (χ1) is 19.5. The van der Waals surface area contributed by atoms with E-state index in [1.165, 1.54) is 128 Å². The van der Waals surface area contributed by atoms with Crippen LogP contribution in [0.3, 0.4) is 0 Å². The summed E-state index contributed by atoms with van der Waals surface area (Å²) in [7, 11) is 0. The molecule has 0 aromatic rings. The Bertz CT molecular complexity index is 521. The Hall–Kier alpha value is -1.58. The van der Waals surface area contributed by atoms with Crippen LogP contribution in [0.4, 0.5) is 0 Å². The van der Waals surface area contributed by atoms with Gasteiger partial charge in [-0.15, -0.1) is 0 Å². The van der Waals surface area contributed by atoms with Crippen molar-refractivity contribution < 1.29 is 9.59 Å². The molecule has 0 spiro atoms. The smallest absolute Gasteiger partial charge is 0.217 e. The normalized spacial score (nSPS) is 11.2. The molecule has 0 aromatic carbocycles. The quantitative estimate of drug-likeness (QED) is 0.0673. The number of hydrogen-bond donors (Lipinski definition) is 2. The lowest BCUT2D eigenvalue weighted by molar-refractivity contribution is -0.119. The lowest BCUT2D eigenvalue weighted by atomic mass is 10.1. The number of nitrogens with two attached hydrogens (primary N) is 2. The Morgan fingerprint density at radius 2 is 0.600 bits per heavy atom. The second-order valence-corrected chi connectivity index (χ2v) is 11.6. The van der Waals surface area contributed by atoms with E-state index in [9.17, 15) is 9.59 Å². The summed E-state index contributed by atoms with van der Waals surface area (Å²) < 4.78 is 0. The van der Waals surface area contributed by atoms with Crippen molar-refractivity contribution in [3.05, 3.63) is 24.3 Å². The average Bonchev–Trinajstić information content (AvgIpc) is 2.93. The fourth-order valence-electron chi connectivity index (χ4n) is 4.74. The molecule has 40 heavy (non-hydrogen) atoms. The first-order valence-electron chi connectivity index (χ1n) is 17.4. The van der Waals surface area contributed by atoms with Gasteiger partial charge in [-0.2, -0.15) is 0 Å². The largest absolute Gasteiger partial charge is 0.370 e. The van der Waals surface area contributed by atoms with E-state index >= 15 is 0 Å². The molecule has 0 bridgehead atoms. The van der Waals surface area contributed by atoms with Crippen LogP contribution in [-0.2, 0) is 9.59 Å². The summed E-state index contributed by atoms with van der Waals surface area (Å²) in [5.74, 6) is -0.354. The highest BCUT2D eigenvalue weighted by molar-refractivity contribution is 5.73. The maximum atomic E-state index is 10.5. The third kappa shape index (κ3) is 43.5. The lowest BCUT2D eigenvalue weighted by Gasteiger charge is -2.00. The highest BCUT2D eigenvalue weighted by Gasteiger charge is 1.94. The average molecular weight is 563 g/mol. The predicted molar refractivity (Wildman–Crippen MR) is 177 cm³/mol. The molecule has 0 unspecified atom stereocenters. The third-order valence-corrected chi connectivity index (χ3v) is 7.37. The number of allylic oxidation sites excluding steroid dienone is 4. The van der Waals surface area contributed by atoms with Crippen LogP contribution in [0.5, 0.6) is 0 Å². The highest BCUT2D eigenvalue weighted by atomic mass is 16.1. The van der Waals surface area contributed by atoms with Crippen LogP contribution in [0, 0.1) is 0 Å². The van der Waals surface area contributed by atoms with E-state index < -0.39 is 0 Å². The van der Waals surface area contributed by atoms with E-state index in [2.05, 4.69) is 38.2 Å². The molecule has 0 atom stereocenters. The monoisotopic (exact) mass is 563 g/mol. The van der Waals surface area contributed by atoms with Crippen molar-refractivity contribution in [2.75, 3.05) is 0 Å². The summed E-state index contributed by atoms with van der Waals surface area (Å²) in [6.07, 6.45) is 43.9. The van der Waals surface area contributed by atoms with E-state index in [4.69, 9.17) is 11.5 Å². The minimum atomic E-state index is -0.177. The van der Waals surface area contributed by atoms with Crippen LogP contribution in [0.1, 0.15) is 194 Å². The van der Waals surface area contributed by atoms with Gasteiger partial charge in [-0.3, -0.25) is 9.59 Å². The number of hydrogen-bond acceptors (Lipinski definition) is 2. The molecule has 4 N–H and O–H groups in total. The molecule has 0 fully saturated rings. The predicted octanol–water partition coefficient (Wildman–Crippen LogP) is 11.0. The van der Waals surface area contributed by atoms with E-state index in [1.54, 1.807) is 0 Å². The third-order valence-electron chi connectivity index (χ3n) is 7.37. The van der Waals surface area contributed by atoms with Gasteiger partial charge in [-0.05, 0) is 64.2 Å². The van der Waals surface area contributed by atoms with Crippen molar-refractivity contribution in [3.8, 4) is 0 Å². The summed E-state index contributed by atoms with van der Waals surface area (Å²) >= 11 is 0. The molecular formula is C36H70N2O2. The maximum absolute atomic E-state index is 10.5. The summed E-state index contributed by atoms with van der Waals surface area (Å²) in [6.45, 7) is 4.54. The van der Waals surface area contributed by atoms with Crippen LogP contribution < -0.4 is 11.5 Å². The second-order valence-electron chi connectivity index (χ2n) is 11.6. The van der Waals surface area contributed by atoms with Crippen molar-refractivity contribution >= 4 is 11.8 Å². The molecule has 0 aliphatic carbocycles. The van der Waals surface area contributed by atoms with Crippen molar-refractivity contribution in [1.29, 1.82) is 0 Å². The van der Waals surface area contributed by atoms with Crippen LogP contribution >= 0.6 is 0 Å². The molecule has 0 radical (unpaired) electrons. The number of carbonyl (C=O) groups is 2. The fraction of sp³-hybridized carbons (Fsp3) is 0.833. The van der Waals surface area contributed by atoms with Crippen LogP contribution in [0.15, 0.2) is 24.3 Å². The number of primary amides is 2. The lowest BCUT2D eigenvalue weighted by Crippen LogP contribution is -2.09. The molecule has 0 aromatic heterocycles. The van der Waals surface area contributed by atoms with Crippen molar-refractivity contribution in [2.24, 2.45) is 11.5 Å². The zero-order chi connectivity index (χ0) is 29.8. The van der Waals surface area contributed by atoms with Gasteiger partial charge >= 0.3 is 0 Å². The zero-order valence-electron chi connectivity index (χ0n) is 27.1. The van der Waals surface area contributed by atoms with Crippen LogP contribution in [0.2, 0.25) is 0 Å². The maximum Gasteiger partial charge on any atom is 0.217 e. The fourth-order valence-corrected chi connectivity index (χ4v) is 4.74. The minimum Gasteiger partial charge on any atom is -0.370 e. The van der Waals surface area contributed by atoms with Gasteiger partial charge in [0.2, 0.25) is 11.8 Å². The van der Waals surface area contributed by atoms with Crippen molar-refractivity contribution in [3.63, 3.8) is 0 Å². The minimum absolute atomic E-state index is 0.177. The first kappa shape index (κ1) is 40.6. The number of amides is 2. The molecule has 0 heterocycles. The van der Waals surface area contributed by atoms with E-state index in [0.717, 1.165) is 38.5 Å². The van der Waals surface area contributed by atoms with Gasteiger partial charge in [-0.1, -0.05) is 141 Å². The Kier molecular flexibility index (Phi) is 37.9. The van der Waals surface area contributed by atoms with Gasteiger partial charge in [-0.25, -0.2) is 0 Å². The molecule has 4 heteroatoms. The summed E-state index contributed by atoms with van der Waals surface area (Å²) in [5, 5.41) is 0. The van der Waals surface area contributed by atoms with Gasteiger partial charge < -0.3 is 11.5 Å². The first-order valence-corrected chi connectivity index (χ1v) is 17.4. The molecule has 0 saturated carbocycles. The van der Waals surface area contributed by atoms with Crippen molar-refractivity contribution in [1.82, 2.24) is 0 Å². The van der Waals surface area contributed by atoms with E-state index in [1.807, 2.05) is 0 Å². The van der Waals surface area contributed by atoms with Gasteiger partial charge in [0.15, 0.2) is 0 Å². The Morgan fingerprint density at radius 3 is 0.850 bits per heavy atom. The molecule has 2 amide bonds. The number of rotatable bonds is 30. The topological polar surface area (TPSA) is 86.2 Å². The zero-order valence-corrected chi connectivity index (χ0v) is 27.1. The molecule has 0 aliphatic heterocycles. The van der Waals surface area contributed by atoms with Gasteiger partial charge in [0.1, 0.15) is 0 Å². The molecular weight excluding hydrogens is 492 g/mol. The highest BCUT2D eigenvalue weighted by Crippen LogP contribution is 2.12. The number of carbonyl (C=O) groups excluding carboxylic acids is 2. The number of unbranched alkanes of at least 4 members (excludes halogenated alkanes) is 22. The molecule has 4 nitrogen and oxygen atoms in total. The van der Waals surface area contributed by atoms with Gasteiger partial charge in [0.25, 0.3) is 0 Å². The Balaban J connectivity index is 0. The Labute approximate surface area is 250 Å². The second kappa shape index (κ2) is 37.4. The molecule has 236 valence electrons. The van der Waals surface area contributed by atoms with E-state index in [0.29, 0.717) is 12.8 Å². The summed E-state index contributed by atoms with van der Waals surface area (Å²) in [5.41, 5.74) is 10.2. The van der Waals surface area contributed by atoms with Crippen molar-refractivity contribution in [2.45, 2.75) is 194 Å². The summed E-state index contributed by atoms with van der Waals surface area (Å²) in [6, 6.07) is 0. The van der Waals surface area contributed by atoms with E-state index in [-0.39, 0.29) is 11.8 Å². The molecule has 0 aliphatic rings.